The van der Waals surface area contributed by atoms with Gasteiger partial charge in [0.05, 0.1) is 0 Å². The van der Waals surface area contributed by atoms with Crippen LogP contribution in [0.15, 0.2) is 12.2 Å². The fraction of sp³-hybridized carbons (Fsp3) is 0.700. The first-order chi connectivity index (χ1) is 5.83. The zero-order chi connectivity index (χ0) is 10.5. The molecule has 0 unspecified atom stereocenters. The first-order valence-corrected chi connectivity index (χ1v) is 5.39. The van der Waals surface area contributed by atoms with E-state index in [1.807, 2.05) is 0 Å². The second-order valence-corrected chi connectivity index (χ2v) is 5.17. The van der Waals surface area contributed by atoms with Crippen molar-refractivity contribution in [2.24, 2.45) is 5.41 Å². The predicted molar refractivity (Wildman–Crippen MR) is 57.7 cm³/mol. The highest BCUT2D eigenvalue weighted by Crippen LogP contribution is 2.20. The lowest BCUT2D eigenvalue weighted by Crippen LogP contribution is -2.11. The quantitative estimate of drug-likeness (QED) is 0.303. The Hall–Kier alpha value is -0.440. The van der Waals surface area contributed by atoms with Crippen molar-refractivity contribution in [3.63, 3.8) is 0 Å². The molecule has 0 spiro atoms. The maximum atomic E-state index is 10.9. The van der Waals surface area contributed by atoms with Crippen molar-refractivity contribution in [1.82, 2.24) is 0 Å². The van der Waals surface area contributed by atoms with Crippen LogP contribution in [-0.2, 0) is 9.53 Å². The Morgan fingerprint density at radius 3 is 2.38 bits per heavy atom. The van der Waals surface area contributed by atoms with Crippen LogP contribution in [-0.4, -0.2) is 17.7 Å². The molecule has 0 atom stereocenters. The Morgan fingerprint density at radius 1 is 1.46 bits per heavy atom. The minimum atomic E-state index is -0.304. The summed E-state index contributed by atoms with van der Waals surface area (Å²) in [6, 6.07) is 0. The van der Waals surface area contributed by atoms with E-state index >= 15 is 0 Å². The van der Waals surface area contributed by atoms with Gasteiger partial charge in [-0.3, -0.25) is 0 Å². The van der Waals surface area contributed by atoms with Crippen molar-refractivity contribution < 1.29 is 9.53 Å². The van der Waals surface area contributed by atoms with Gasteiger partial charge >= 0.3 is 5.97 Å². The summed E-state index contributed by atoms with van der Waals surface area (Å²) in [7, 11) is 0. The standard InChI is InChI=1S/C10H18O2S/c1-8(2)9(11)12-7-13-6-10(3,4)5/h1,6-7H2,2-5H3. The van der Waals surface area contributed by atoms with Crippen LogP contribution in [0.4, 0.5) is 0 Å². The first-order valence-electron chi connectivity index (χ1n) is 4.23. The lowest BCUT2D eigenvalue weighted by Gasteiger charge is -2.16. The lowest BCUT2D eigenvalue weighted by molar-refractivity contribution is -0.136. The summed E-state index contributed by atoms with van der Waals surface area (Å²) in [5, 5.41) is 0. The number of hydrogen-bond acceptors (Lipinski definition) is 3. The molecule has 2 nitrogen and oxygen atoms in total. The fourth-order valence-corrected chi connectivity index (χ4v) is 1.45. The number of rotatable bonds is 4. The van der Waals surface area contributed by atoms with Crippen molar-refractivity contribution in [2.45, 2.75) is 27.7 Å². The first kappa shape index (κ1) is 12.6. The summed E-state index contributed by atoms with van der Waals surface area (Å²) >= 11 is 1.62. The molecule has 0 aliphatic rings. The second kappa shape index (κ2) is 5.32. The van der Waals surface area contributed by atoms with Crippen LogP contribution in [0.2, 0.25) is 0 Å². The number of thioether (sulfide) groups is 1. The van der Waals surface area contributed by atoms with E-state index in [0.717, 1.165) is 5.75 Å². The maximum absolute atomic E-state index is 10.9. The molecule has 0 aromatic heterocycles. The van der Waals surface area contributed by atoms with Gasteiger partial charge in [-0.25, -0.2) is 4.79 Å². The third-order valence-corrected chi connectivity index (χ3v) is 2.51. The largest absolute Gasteiger partial charge is 0.451 e. The molecule has 13 heavy (non-hydrogen) atoms. The summed E-state index contributed by atoms with van der Waals surface area (Å²) in [6.07, 6.45) is 0. The highest BCUT2D eigenvalue weighted by molar-refractivity contribution is 7.99. The minimum Gasteiger partial charge on any atom is -0.451 e. The van der Waals surface area contributed by atoms with Gasteiger partial charge in [-0.2, -0.15) is 0 Å². The normalized spacial score (nSPS) is 11.1. The molecule has 0 aliphatic carbocycles. The molecule has 0 saturated carbocycles. The van der Waals surface area contributed by atoms with Crippen LogP contribution in [0.25, 0.3) is 0 Å². The van der Waals surface area contributed by atoms with Gasteiger partial charge in [0.1, 0.15) is 5.94 Å². The summed E-state index contributed by atoms with van der Waals surface area (Å²) in [6.45, 7) is 11.6. The lowest BCUT2D eigenvalue weighted by atomic mass is 10.0. The monoisotopic (exact) mass is 202 g/mol. The van der Waals surface area contributed by atoms with Gasteiger partial charge in [0.2, 0.25) is 0 Å². The second-order valence-electron chi connectivity index (χ2n) is 4.24. The van der Waals surface area contributed by atoms with E-state index in [-0.39, 0.29) is 11.4 Å². The molecule has 0 aliphatic heterocycles. The van der Waals surface area contributed by atoms with E-state index in [9.17, 15) is 4.79 Å². The average Bonchev–Trinajstić information content (AvgIpc) is 1.95. The number of ether oxygens (including phenoxy) is 1. The van der Waals surface area contributed by atoms with Gasteiger partial charge in [-0.1, -0.05) is 27.4 Å². The minimum absolute atomic E-state index is 0.278. The van der Waals surface area contributed by atoms with Gasteiger partial charge in [-0.15, -0.1) is 11.8 Å². The molecule has 0 bridgehead atoms. The Balaban J connectivity index is 3.47. The molecule has 0 N–H and O–H groups in total. The van der Waals surface area contributed by atoms with E-state index < -0.39 is 0 Å². The summed E-state index contributed by atoms with van der Waals surface area (Å²) in [5.74, 6) is 1.10. The van der Waals surface area contributed by atoms with Crippen molar-refractivity contribution >= 4 is 17.7 Å². The maximum Gasteiger partial charge on any atom is 0.333 e. The molecule has 0 aromatic rings. The van der Waals surface area contributed by atoms with E-state index in [1.165, 1.54) is 0 Å². The summed E-state index contributed by atoms with van der Waals surface area (Å²) in [4.78, 5) is 10.9. The highest BCUT2D eigenvalue weighted by atomic mass is 32.2. The van der Waals surface area contributed by atoms with Crippen LogP contribution in [0.3, 0.4) is 0 Å². The fourth-order valence-electron chi connectivity index (χ4n) is 0.566. The van der Waals surface area contributed by atoms with Gasteiger partial charge < -0.3 is 4.74 Å². The van der Waals surface area contributed by atoms with Crippen molar-refractivity contribution in [2.75, 3.05) is 11.7 Å². The average molecular weight is 202 g/mol. The Labute approximate surface area is 84.7 Å². The van der Waals surface area contributed by atoms with Crippen LogP contribution in [0.5, 0.6) is 0 Å². The van der Waals surface area contributed by atoms with Crippen molar-refractivity contribution in [1.29, 1.82) is 0 Å². The van der Waals surface area contributed by atoms with Crippen molar-refractivity contribution in [3.05, 3.63) is 12.2 Å². The third-order valence-electron chi connectivity index (χ3n) is 1.16. The summed E-state index contributed by atoms with van der Waals surface area (Å²) in [5.41, 5.74) is 0.733. The summed E-state index contributed by atoms with van der Waals surface area (Å²) < 4.78 is 4.92. The number of carbonyl (C=O) groups excluding carboxylic acids is 1. The van der Waals surface area contributed by atoms with Gasteiger partial charge in [0, 0.05) is 11.3 Å². The van der Waals surface area contributed by atoms with E-state index in [1.54, 1.807) is 18.7 Å². The zero-order valence-electron chi connectivity index (χ0n) is 8.85. The predicted octanol–water partition coefficient (Wildman–Crippen LogP) is 2.84. The third kappa shape index (κ3) is 7.91. The van der Waals surface area contributed by atoms with Crippen LogP contribution < -0.4 is 0 Å². The topological polar surface area (TPSA) is 26.3 Å². The molecule has 0 rings (SSSR count). The Morgan fingerprint density at radius 2 is 2.00 bits per heavy atom. The van der Waals surface area contributed by atoms with Gasteiger partial charge in [0.25, 0.3) is 0 Å². The molecule has 0 radical (unpaired) electrons. The van der Waals surface area contributed by atoms with Gasteiger partial charge in [-0.05, 0) is 12.3 Å². The van der Waals surface area contributed by atoms with Crippen LogP contribution in [0, 0.1) is 5.41 Å². The van der Waals surface area contributed by atoms with E-state index in [4.69, 9.17) is 4.74 Å². The number of esters is 1. The van der Waals surface area contributed by atoms with E-state index in [0.29, 0.717) is 11.5 Å². The zero-order valence-corrected chi connectivity index (χ0v) is 9.66. The molecular formula is C10H18O2S. The van der Waals surface area contributed by atoms with Crippen LogP contribution in [0.1, 0.15) is 27.7 Å². The molecule has 0 saturated heterocycles. The molecule has 76 valence electrons. The van der Waals surface area contributed by atoms with Crippen molar-refractivity contribution in [3.8, 4) is 0 Å². The smallest absolute Gasteiger partial charge is 0.333 e. The van der Waals surface area contributed by atoms with Gasteiger partial charge in [0.15, 0.2) is 0 Å². The molecule has 3 heteroatoms. The SMILES string of the molecule is C=C(C)C(=O)OCSCC(C)(C)C. The Kier molecular flexibility index (Phi) is 5.14. The molecule has 0 amide bonds. The highest BCUT2D eigenvalue weighted by Gasteiger charge is 2.10. The van der Waals surface area contributed by atoms with E-state index in [2.05, 4.69) is 27.4 Å². The molecule has 0 aromatic carbocycles. The van der Waals surface area contributed by atoms with Crippen LogP contribution >= 0.6 is 11.8 Å². The molecule has 0 fully saturated rings. The molecule has 0 heterocycles. The Bertz CT molecular complexity index is 192. The number of hydrogen-bond donors (Lipinski definition) is 0. The number of carbonyl (C=O) groups is 1. The molecular weight excluding hydrogens is 184 g/mol.